The zero-order valence-electron chi connectivity index (χ0n) is 9.81. The predicted octanol–water partition coefficient (Wildman–Crippen LogP) is -1.01. The van der Waals surface area contributed by atoms with Gasteiger partial charge in [0, 0.05) is 12.0 Å². The molecule has 1 saturated carbocycles. The third-order valence-electron chi connectivity index (χ3n) is 3.53. The number of imide groups is 1. The quantitative estimate of drug-likeness (QED) is 0.573. The largest absolute Gasteiger partial charge is 0.328 e. The van der Waals surface area contributed by atoms with Gasteiger partial charge in [-0.15, -0.1) is 0 Å². The molecule has 3 atom stereocenters. The molecule has 17 heavy (non-hydrogen) atoms. The van der Waals surface area contributed by atoms with E-state index < -0.39 is 17.9 Å². The van der Waals surface area contributed by atoms with Gasteiger partial charge in [-0.3, -0.25) is 19.7 Å². The molecule has 0 aromatic rings. The Kier molecular flexibility index (Phi) is 3.15. The van der Waals surface area contributed by atoms with Gasteiger partial charge in [0.2, 0.25) is 17.7 Å². The van der Waals surface area contributed by atoms with Gasteiger partial charge in [-0.05, 0) is 26.2 Å². The van der Waals surface area contributed by atoms with E-state index in [0.29, 0.717) is 6.42 Å². The average Bonchev–Trinajstić information content (AvgIpc) is 2.69. The zero-order valence-corrected chi connectivity index (χ0v) is 9.81. The number of nitrogens with zero attached hydrogens (tertiary/aromatic N) is 1. The predicted molar refractivity (Wildman–Crippen MR) is 59.6 cm³/mol. The molecule has 2 aliphatic rings. The molecule has 0 aromatic heterocycles. The highest BCUT2D eigenvalue weighted by molar-refractivity contribution is 6.04. The van der Waals surface area contributed by atoms with E-state index in [0.717, 1.165) is 12.8 Å². The number of nitrogens with two attached hydrogens (primary N) is 1. The van der Waals surface area contributed by atoms with E-state index in [1.165, 1.54) is 4.90 Å². The average molecular weight is 239 g/mol. The number of nitrogens with one attached hydrogen (secondary N) is 1. The summed E-state index contributed by atoms with van der Waals surface area (Å²) in [5, 5.41) is 2.22. The first-order valence-corrected chi connectivity index (χ1v) is 5.88. The third kappa shape index (κ3) is 2.31. The van der Waals surface area contributed by atoms with Gasteiger partial charge in [0.25, 0.3) is 0 Å². The fourth-order valence-electron chi connectivity index (χ4n) is 2.46. The van der Waals surface area contributed by atoms with Crippen LogP contribution in [0, 0.1) is 5.92 Å². The summed E-state index contributed by atoms with van der Waals surface area (Å²) in [6.45, 7) is 1.60. The molecule has 0 aromatic carbocycles. The van der Waals surface area contributed by atoms with Crippen molar-refractivity contribution in [2.75, 3.05) is 6.54 Å². The van der Waals surface area contributed by atoms with Crippen molar-refractivity contribution >= 4 is 17.7 Å². The van der Waals surface area contributed by atoms with Crippen molar-refractivity contribution in [1.82, 2.24) is 10.2 Å². The molecule has 6 nitrogen and oxygen atoms in total. The Balaban J connectivity index is 2.07. The van der Waals surface area contributed by atoms with Crippen molar-refractivity contribution in [1.29, 1.82) is 0 Å². The van der Waals surface area contributed by atoms with Crippen LogP contribution in [0.2, 0.25) is 0 Å². The van der Waals surface area contributed by atoms with Crippen molar-refractivity contribution in [3.8, 4) is 0 Å². The van der Waals surface area contributed by atoms with Crippen molar-refractivity contribution < 1.29 is 14.4 Å². The van der Waals surface area contributed by atoms with Crippen LogP contribution in [0.25, 0.3) is 0 Å². The highest BCUT2D eigenvalue weighted by Gasteiger charge is 2.38. The topological polar surface area (TPSA) is 92.5 Å². The minimum atomic E-state index is -0.572. The first kappa shape index (κ1) is 12.0. The molecule has 6 heteroatoms. The summed E-state index contributed by atoms with van der Waals surface area (Å²) in [7, 11) is 0. The molecule has 0 bridgehead atoms. The maximum Gasteiger partial charge on any atom is 0.249 e. The second-order valence-electron chi connectivity index (χ2n) is 4.82. The number of hydrogen-bond donors (Lipinski definition) is 2. The van der Waals surface area contributed by atoms with Crippen molar-refractivity contribution in [2.24, 2.45) is 11.7 Å². The molecule has 0 spiro atoms. The standard InChI is InChI=1S/C11H17N3O3/c1-6-10(16)13-9(15)5-14(6)11(17)7-2-3-8(12)4-7/h6-8H,2-5,12H2,1H3,(H,13,15,16). The van der Waals surface area contributed by atoms with E-state index in [2.05, 4.69) is 5.32 Å². The smallest absolute Gasteiger partial charge is 0.249 e. The van der Waals surface area contributed by atoms with Crippen LogP contribution in [-0.2, 0) is 14.4 Å². The Morgan fingerprint density at radius 1 is 1.41 bits per heavy atom. The molecule has 0 radical (unpaired) electrons. The molecule has 1 aliphatic heterocycles. The first-order valence-electron chi connectivity index (χ1n) is 5.88. The molecule has 2 rings (SSSR count). The Morgan fingerprint density at radius 3 is 2.71 bits per heavy atom. The van der Waals surface area contributed by atoms with Crippen LogP contribution in [0.4, 0.5) is 0 Å². The summed E-state index contributed by atoms with van der Waals surface area (Å²) in [5.74, 6) is -1.07. The van der Waals surface area contributed by atoms with Gasteiger partial charge in [0.1, 0.15) is 12.6 Å². The van der Waals surface area contributed by atoms with Gasteiger partial charge in [0.05, 0.1) is 0 Å². The maximum absolute atomic E-state index is 12.2. The third-order valence-corrected chi connectivity index (χ3v) is 3.53. The molecule has 3 N–H and O–H groups in total. The number of amides is 3. The van der Waals surface area contributed by atoms with E-state index in [1.807, 2.05) is 0 Å². The lowest BCUT2D eigenvalue weighted by Crippen LogP contribution is -2.59. The van der Waals surface area contributed by atoms with E-state index in [-0.39, 0.29) is 24.4 Å². The van der Waals surface area contributed by atoms with Gasteiger partial charge in [-0.2, -0.15) is 0 Å². The lowest BCUT2D eigenvalue weighted by Gasteiger charge is -2.33. The molecule has 3 amide bonds. The summed E-state index contributed by atoms with van der Waals surface area (Å²) in [5.41, 5.74) is 5.76. The molecule has 3 unspecified atom stereocenters. The summed E-state index contributed by atoms with van der Waals surface area (Å²) >= 11 is 0. The summed E-state index contributed by atoms with van der Waals surface area (Å²) in [4.78, 5) is 36.3. The highest BCUT2D eigenvalue weighted by Crippen LogP contribution is 2.27. The molecular formula is C11H17N3O3. The van der Waals surface area contributed by atoms with Crippen molar-refractivity contribution in [2.45, 2.75) is 38.3 Å². The Morgan fingerprint density at radius 2 is 2.12 bits per heavy atom. The van der Waals surface area contributed by atoms with Gasteiger partial charge < -0.3 is 10.6 Å². The fraction of sp³-hybridized carbons (Fsp3) is 0.727. The molecule has 1 aliphatic carbocycles. The van der Waals surface area contributed by atoms with E-state index in [9.17, 15) is 14.4 Å². The number of piperazine rings is 1. The lowest BCUT2D eigenvalue weighted by atomic mass is 10.0. The Bertz CT molecular complexity index is 369. The Labute approximate surface area is 99.5 Å². The minimum Gasteiger partial charge on any atom is -0.328 e. The van der Waals surface area contributed by atoms with Crippen LogP contribution < -0.4 is 11.1 Å². The zero-order chi connectivity index (χ0) is 12.6. The molecule has 1 heterocycles. The van der Waals surface area contributed by atoms with Gasteiger partial charge in [-0.1, -0.05) is 0 Å². The lowest BCUT2D eigenvalue weighted by molar-refractivity contribution is -0.151. The summed E-state index contributed by atoms with van der Waals surface area (Å²) in [6, 6.07) is -0.509. The van der Waals surface area contributed by atoms with Crippen molar-refractivity contribution in [3.63, 3.8) is 0 Å². The normalized spacial score (nSPS) is 33.8. The molecular weight excluding hydrogens is 222 g/mol. The van der Waals surface area contributed by atoms with Gasteiger partial charge in [0.15, 0.2) is 0 Å². The molecule has 2 fully saturated rings. The fourth-order valence-corrected chi connectivity index (χ4v) is 2.46. The van der Waals surface area contributed by atoms with Crippen LogP contribution in [0.3, 0.4) is 0 Å². The first-order chi connectivity index (χ1) is 7.99. The number of carbonyl (C=O) groups is 3. The summed E-state index contributed by atoms with van der Waals surface area (Å²) in [6.07, 6.45) is 2.23. The van der Waals surface area contributed by atoms with Crippen LogP contribution in [0.15, 0.2) is 0 Å². The van der Waals surface area contributed by atoms with E-state index in [4.69, 9.17) is 5.73 Å². The SMILES string of the molecule is CC1C(=O)NC(=O)CN1C(=O)C1CCC(N)C1. The van der Waals surface area contributed by atoms with Gasteiger partial charge in [-0.25, -0.2) is 0 Å². The summed E-state index contributed by atoms with van der Waals surface area (Å²) < 4.78 is 0. The second kappa shape index (κ2) is 4.44. The number of carbonyl (C=O) groups excluding carboxylic acids is 3. The van der Waals surface area contributed by atoms with Crippen LogP contribution in [0.1, 0.15) is 26.2 Å². The molecule has 94 valence electrons. The maximum atomic E-state index is 12.2. The van der Waals surface area contributed by atoms with Crippen LogP contribution in [0.5, 0.6) is 0 Å². The molecule has 1 saturated heterocycles. The van der Waals surface area contributed by atoms with Crippen LogP contribution >= 0.6 is 0 Å². The highest BCUT2D eigenvalue weighted by atomic mass is 16.2. The van der Waals surface area contributed by atoms with Gasteiger partial charge >= 0.3 is 0 Å². The van der Waals surface area contributed by atoms with E-state index in [1.54, 1.807) is 6.92 Å². The van der Waals surface area contributed by atoms with Crippen molar-refractivity contribution in [3.05, 3.63) is 0 Å². The Hall–Kier alpha value is -1.43. The minimum absolute atomic E-state index is 0.0303. The van der Waals surface area contributed by atoms with Crippen LogP contribution in [-0.4, -0.2) is 41.2 Å². The second-order valence-corrected chi connectivity index (χ2v) is 4.82. The number of rotatable bonds is 1. The number of hydrogen-bond acceptors (Lipinski definition) is 4. The van der Waals surface area contributed by atoms with E-state index >= 15 is 0 Å². The monoisotopic (exact) mass is 239 g/mol.